The topological polar surface area (TPSA) is 85.4 Å². The molecule has 0 unspecified atom stereocenters. The lowest BCUT2D eigenvalue weighted by molar-refractivity contribution is 0.0958. The van der Waals surface area contributed by atoms with E-state index in [-0.39, 0.29) is 15.5 Å². The van der Waals surface area contributed by atoms with Crippen molar-refractivity contribution in [2.45, 2.75) is 9.79 Å². The highest BCUT2D eigenvalue weighted by molar-refractivity contribution is 7.91. The van der Waals surface area contributed by atoms with Crippen molar-refractivity contribution < 1.29 is 17.9 Å². The van der Waals surface area contributed by atoms with Gasteiger partial charge in [0, 0.05) is 13.2 Å². The lowest BCUT2D eigenvalue weighted by Crippen LogP contribution is -2.19. The fourth-order valence-corrected chi connectivity index (χ4v) is 2.99. The Labute approximate surface area is 122 Å². The molecule has 110 valence electrons. The normalized spacial score (nSPS) is 11.0. The summed E-state index contributed by atoms with van der Waals surface area (Å²) in [6.07, 6.45) is 1.29. The number of carbonyl (C=O) groups excluding carboxylic acids is 1. The van der Waals surface area contributed by atoms with Crippen molar-refractivity contribution in [3.05, 3.63) is 48.3 Å². The zero-order valence-corrected chi connectivity index (χ0v) is 12.3. The lowest BCUT2D eigenvalue weighted by atomic mass is 10.3. The Morgan fingerprint density at radius 3 is 2.38 bits per heavy atom. The third-order valence-electron chi connectivity index (χ3n) is 2.87. The van der Waals surface area contributed by atoms with E-state index in [0.29, 0.717) is 5.75 Å². The van der Waals surface area contributed by atoms with Gasteiger partial charge in [0.25, 0.3) is 5.91 Å². The summed E-state index contributed by atoms with van der Waals surface area (Å²) in [5, 5.41) is 2.40. The molecule has 0 fully saturated rings. The van der Waals surface area contributed by atoms with Crippen LogP contribution >= 0.6 is 0 Å². The van der Waals surface area contributed by atoms with Crippen molar-refractivity contribution >= 4 is 15.7 Å². The first-order chi connectivity index (χ1) is 9.98. The smallest absolute Gasteiger partial charge is 0.269 e. The molecule has 1 heterocycles. The van der Waals surface area contributed by atoms with Gasteiger partial charge in [-0.05, 0) is 36.4 Å². The molecule has 0 bridgehead atoms. The molecule has 7 heteroatoms. The maximum atomic E-state index is 12.5. The molecule has 0 aliphatic heterocycles. The fraction of sp³-hybridized carbons (Fsp3) is 0.143. The Morgan fingerprint density at radius 2 is 1.81 bits per heavy atom. The first-order valence-corrected chi connectivity index (χ1v) is 7.54. The van der Waals surface area contributed by atoms with E-state index in [1.54, 1.807) is 12.1 Å². The van der Waals surface area contributed by atoms with Crippen LogP contribution in [0.3, 0.4) is 0 Å². The number of methoxy groups -OCH3 is 1. The zero-order valence-electron chi connectivity index (χ0n) is 11.5. The molecule has 0 aliphatic rings. The summed E-state index contributed by atoms with van der Waals surface area (Å²) in [5.41, 5.74) is 0.0482. The molecule has 1 aromatic carbocycles. The number of nitrogens with zero attached hydrogens (tertiary/aromatic N) is 1. The van der Waals surface area contributed by atoms with Crippen LogP contribution in [0.25, 0.3) is 0 Å². The van der Waals surface area contributed by atoms with Gasteiger partial charge in [-0.15, -0.1) is 0 Å². The number of ether oxygens (including phenoxy) is 1. The van der Waals surface area contributed by atoms with E-state index in [1.807, 2.05) is 0 Å². The average molecular weight is 306 g/mol. The molecule has 0 radical (unpaired) electrons. The molecule has 0 atom stereocenters. The molecule has 21 heavy (non-hydrogen) atoms. The molecule has 1 N–H and O–H groups in total. The fourth-order valence-electron chi connectivity index (χ4n) is 1.72. The highest BCUT2D eigenvalue weighted by Crippen LogP contribution is 2.23. The maximum Gasteiger partial charge on any atom is 0.269 e. The third-order valence-corrected chi connectivity index (χ3v) is 4.64. The highest BCUT2D eigenvalue weighted by Gasteiger charge is 2.19. The van der Waals surface area contributed by atoms with Gasteiger partial charge in [-0.2, -0.15) is 0 Å². The summed E-state index contributed by atoms with van der Waals surface area (Å²) in [5.74, 6) is 0.122. The van der Waals surface area contributed by atoms with Crippen LogP contribution in [0.1, 0.15) is 10.5 Å². The van der Waals surface area contributed by atoms with Crippen LogP contribution in [-0.2, 0) is 9.84 Å². The second-order valence-corrected chi connectivity index (χ2v) is 6.08. The maximum absolute atomic E-state index is 12.5. The van der Waals surface area contributed by atoms with Crippen molar-refractivity contribution in [3.8, 4) is 5.75 Å². The number of pyridine rings is 1. The van der Waals surface area contributed by atoms with Crippen LogP contribution < -0.4 is 10.1 Å². The standard InChI is InChI=1S/C14H14N2O4S/c1-15-14(17)13-9-12(7-8-16-13)21(18,19)11-5-3-10(20-2)4-6-11/h3-9H,1-2H3,(H,15,17). The summed E-state index contributed by atoms with van der Waals surface area (Å²) < 4.78 is 30.0. The van der Waals surface area contributed by atoms with E-state index < -0.39 is 15.7 Å². The van der Waals surface area contributed by atoms with Gasteiger partial charge in [0.2, 0.25) is 9.84 Å². The molecule has 6 nitrogen and oxygen atoms in total. The van der Waals surface area contributed by atoms with E-state index in [1.165, 1.54) is 44.6 Å². The number of aromatic nitrogens is 1. The second-order valence-electron chi connectivity index (χ2n) is 4.13. The number of nitrogens with one attached hydrogen (secondary N) is 1. The first kappa shape index (κ1) is 15.0. The Morgan fingerprint density at radius 1 is 1.14 bits per heavy atom. The van der Waals surface area contributed by atoms with Gasteiger partial charge in [0.15, 0.2) is 0 Å². The zero-order chi connectivity index (χ0) is 15.5. The minimum Gasteiger partial charge on any atom is -0.497 e. The first-order valence-electron chi connectivity index (χ1n) is 6.06. The van der Waals surface area contributed by atoms with Gasteiger partial charge in [0.1, 0.15) is 11.4 Å². The van der Waals surface area contributed by atoms with Gasteiger partial charge >= 0.3 is 0 Å². The van der Waals surface area contributed by atoms with Gasteiger partial charge in [-0.1, -0.05) is 0 Å². The van der Waals surface area contributed by atoms with Crippen LogP contribution in [0.2, 0.25) is 0 Å². The Kier molecular flexibility index (Phi) is 4.23. The van der Waals surface area contributed by atoms with Gasteiger partial charge in [-0.25, -0.2) is 8.42 Å². The predicted molar refractivity (Wildman–Crippen MR) is 76.1 cm³/mol. The number of hydrogen-bond acceptors (Lipinski definition) is 5. The number of benzene rings is 1. The third kappa shape index (κ3) is 3.03. The van der Waals surface area contributed by atoms with Crippen molar-refractivity contribution in [3.63, 3.8) is 0 Å². The van der Waals surface area contributed by atoms with Gasteiger partial charge in [0.05, 0.1) is 16.9 Å². The summed E-state index contributed by atoms with van der Waals surface area (Å²) in [6, 6.07) is 8.63. The van der Waals surface area contributed by atoms with Crippen LogP contribution in [0.5, 0.6) is 5.75 Å². The number of rotatable bonds is 4. The number of sulfone groups is 1. The van der Waals surface area contributed by atoms with Crippen molar-refractivity contribution in [1.82, 2.24) is 10.3 Å². The number of carbonyl (C=O) groups is 1. The van der Waals surface area contributed by atoms with Gasteiger partial charge < -0.3 is 10.1 Å². The van der Waals surface area contributed by atoms with E-state index in [9.17, 15) is 13.2 Å². The van der Waals surface area contributed by atoms with Crippen molar-refractivity contribution in [2.75, 3.05) is 14.2 Å². The molecule has 1 amide bonds. The van der Waals surface area contributed by atoms with Crippen LogP contribution in [0, 0.1) is 0 Å². The summed E-state index contributed by atoms with van der Waals surface area (Å²) in [4.78, 5) is 15.5. The van der Waals surface area contributed by atoms with E-state index in [0.717, 1.165) is 0 Å². The van der Waals surface area contributed by atoms with Crippen LogP contribution in [-0.4, -0.2) is 33.5 Å². The quantitative estimate of drug-likeness (QED) is 0.919. The Hall–Kier alpha value is -2.41. The molecule has 0 spiro atoms. The lowest BCUT2D eigenvalue weighted by Gasteiger charge is -2.07. The molecule has 2 aromatic rings. The summed E-state index contributed by atoms with van der Waals surface area (Å²) in [7, 11) is -0.749. The van der Waals surface area contributed by atoms with Crippen molar-refractivity contribution in [2.24, 2.45) is 0 Å². The molecule has 0 saturated heterocycles. The van der Waals surface area contributed by atoms with Crippen LogP contribution in [0.4, 0.5) is 0 Å². The number of hydrogen-bond donors (Lipinski definition) is 1. The molecule has 0 saturated carbocycles. The second kappa shape index (κ2) is 5.92. The van der Waals surface area contributed by atoms with E-state index in [2.05, 4.69) is 10.3 Å². The molecule has 2 rings (SSSR count). The largest absolute Gasteiger partial charge is 0.497 e. The Balaban J connectivity index is 2.45. The summed E-state index contributed by atoms with van der Waals surface area (Å²) in [6.45, 7) is 0. The SMILES string of the molecule is CNC(=O)c1cc(S(=O)(=O)c2ccc(OC)cc2)ccn1. The van der Waals surface area contributed by atoms with Gasteiger partial charge in [-0.3, -0.25) is 9.78 Å². The van der Waals surface area contributed by atoms with E-state index >= 15 is 0 Å². The molecular weight excluding hydrogens is 292 g/mol. The molecule has 0 aliphatic carbocycles. The molecular formula is C14H14N2O4S. The monoisotopic (exact) mass is 306 g/mol. The van der Waals surface area contributed by atoms with E-state index in [4.69, 9.17) is 4.74 Å². The van der Waals surface area contributed by atoms with Crippen LogP contribution in [0.15, 0.2) is 52.4 Å². The average Bonchev–Trinajstić information content (AvgIpc) is 2.54. The Bertz CT molecular complexity index is 755. The number of amides is 1. The summed E-state index contributed by atoms with van der Waals surface area (Å²) >= 11 is 0. The molecule has 1 aromatic heterocycles. The van der Waals surface area contributed by atoms with Crippen molar-refractivity contribution in [1.29, 1.82) is 0 Å². The minimum atomic E-state index is -3.70. The predicted octanol–water partition coefficient (Wildman–Crippen LogP) is 1.28. The minimum absolute atomic E-state index is 0.0151. The highest BCUT2D eigenvalue weighted by atomic mass is 32.2.